The summed E-state index contributed by atoms with van der Waals surface area (Å²) >= 11 is 7.51. The summed E-state index contributed by atoms with van der Waals surface area (Å²) in [6, 6.07) is 9.83. The van der Waals surface area contributed by atoms with Gasteiger partial charge < -0.3 is 10.1 Å². The number of hydrogen-bond acceptors (Lipinski definition) is 3. The van der Waals surface area contributed by atoms with Crippen LogP contribution in [0.1, 0.15) is 4.88 Å². The summed E-state index contributed by atoms with van der Waals surface area (Å²) in [5.74, 6) is 0.865. The van der Waals surface area contributed by atoms with E-state index in [0.29, 0.717) is 0 Å². The highest BCUT2D eigenvalue weighted by atomic mass is 35.5. The fourth-order valence-electron chi connectivity index (χ4n) is 1.34. The minimum Gasteiger partial charge on any atom is -0.497 e. The molecular weight excluding hydrogens is 242 g/mol. The summed E-state index contributed by atoms with van der Waals surface area (Å²) in [7, 11) is 1.66. The van der Waals surface area contributed by atoms with Gasteiger partial charge in [0.15, 0.2) is 0 Å². The average molecular weight is 254 g/mol. The highest BCUT2D eigenvalue weighted by Gasteiger charge is 1.98. The molecule has 2 rings (SSSR count). The molecule has 0 fully saturated rings. The first-order chi connectivity index (χ1) is 7.78. The maximum Gasteiger partial charge on any atom is 0.119 e. The quantitative estimate of drug-likeness (QED) is 0.889. The number of thiophene rings is 1. The number of anilines is 1. The van der Waals surface area contributed by atoms with Crippen LogP contribution in [0.2, 0.25) is 5.02 Å². The molecule has 0 saturated heterocycles. The van der Waals surface area contributed by atoms with Crippen LogP contribution in [0.3, 0.4) is 0 Å². The van der Waals surface area contributed by atoms with E-state index in [1.54, 1.807) is 18.4 Å². The van der Waals surface area contributed by atoms with Crippen LogP contribution < -0.4 is 10.1 Å². The molecule has 0 saturated carbocycles. The van der Waals surface area contributed by atoms with Gasteiger partial charge in [0.2, 0.25) is 0 Å². The van der Waals surface area contributed by atoms with Crippen LogP contribution in [0.15, 0.2) is 35.7 Å². The molecule has 0 aliphatic heterocycles. The van der Waals surface area contributed by atoms with E-state index < -0.39 is 0 Å². The van der Waals surface area contributed by atoms with Crippen LogP contribution in [0.5, 0.6) is 5.75 Å². The highest BCUT2D eigenvalue weighted by molar-refractivity contribution is 7.10. The highest BCUT2D eigenvalue weighted by Crippen LogP contribution is 2.21. The average Bonchev–Trinajstić information content (AvgIpc) is 2.73. The Kier molecular flexibility index (Phi) is 3.70. The van der Waals surface area contributed by atoms with Crippen molar-refractivity contribution in [2.75, 3.05) is 12.4 Å². The van der Waals surface area contributed by atoms with Gasteiger partial charge in [-0.2, -0.15) is 0 Å². The first-order valence-corrected chi connectivity index (χ1v) is 6.14. The first kappa shape index (κ1) is 11.3. The van der Waals surface area contributed by atoms with Gasteiger partial charge >= 0.3 is 0 Å². The van der Waals surface area contributed by atoms with Gasteiger partial charge in [0, 0.05) is 22.5 Å². The molecule has 0 radical (unpaired) electrons. The zero-order valence-electron chi connectivity index (χ0n) is 8.87. The zero-order valence-corrected chi connectivity index (χ0v) is 10.4. The van der Waals surface area contributed by atoms with Gasteiger partial charge in [-0.15, -0.1) is 11.3 Å². The second-order valence-corrected chi connectivity index (χ2v) is 4.75. The van der Waals surface area contributed by atoms with E-state index in [-0.39, 0.29) is 0 Å². The van der Waals surface area contributed by atoms with Gasteiger partial charge in [-0.3, -0.25) is 0 Å². The topological polar surface area (TPSA) is 21.3 Å². The summed E-state index contributed by atoms with van der Waals surface area (Å²) in [4.78, 5) is 1.22. The molecule has 2 aromatic rings. The number of benzene rings is 1. The van der Waals surface area contributed by atoms with Gasteiger partial charge in [-0.1, -0.05) is 11.6 Å². The molecule has 0 aliphatic rings. The molecule has 1 aromatic heterocycles. The third-order valence-electron chi connectivity index (χ3n) is 2.18. The van der Waals surface area contributed by atoms with E-state index in [4.69, 9.17) is 16.3 Å². The van der Waals surface area contributed by atoms with E-state index in [2.05, 4.69) is 5.32 Å². The molecule has 4 heteroatoms. The van der Waals surface area contributed by atoms with Crippen molar-refractivity contribution in [2.45, 2.75) is 6.54 Å². The number of hydrogen-bond donors (Lipinski definition) is 1. The maximum atomic E-state index is 5.85. The van der Waals surface area contributed by atoms with Gasteiger partial charge in [-0.25, -0.2) is 0 Å². The maximum absolute atomic E-state index is 5.85. The second-order valence-electron chi connectivity index (χ2n) is 3.31. The number of rotatable bonds is 4. The molecular formula is C12H12ClNOS. The monoisotopic (exact) mass is 253 g/mol. The molecule has 84 valence electrons. The molecule has 0 amide bonds. The Morgan fingerprint density at radius 1 is 1.31 bits per heavy atom. The van der Waals surface area contributed by atoms with E-state index in [1.807, 2.05) is 35.7 Å². The van der Waals surface area contributed by atoms with Crippen molar-refractivity contribution in [2.24, 2.45) is 0 Å². The number of halogens is 1. The Bertz CT molecular complexity index is 452. The first-order valence-electron chi connectivity index (χ1n) is 4.89. The minimum atomic E-state index is 0.795. The van der Waals surface area contributed by atoms with E-state index in [1.165, 1.54) is 4.88 Å². The van der Waals surface area contributed by atoms with Crippen molar-refractivity contribution >= 4 is 28.6 Å². The number of nitrogens with one attached hydrogen (secondary N) is 1. The van der Waals surface area contributed by atoms with E-state index >= 15 is 0 Å². The van der Waals surface area contributed by atoms with Crippen molar-refractivity contribution in [1.82, 2.24) is 0 Å². The van der Waals surface area contributed by atoms with Gasteiger partial charge in [0.05, 0.1) is 12.1 Å². The molecule has 16 heavy (non-hydrogen) atoms. The molecule has 2 nitrogen and oxygen atoms in total. The molecule has 0 unspecified atom stereocenters. The molecule has 1 aromatic carbocycles. The van der Waals surface area contributed by atoms with Crippen molar-refractivity contribution in [3.05, 3.63) is 45.6 Å². The lowest BCUT2D eigenvalue weighted by atomic mass is 10.3. The Balaban J connectivity index is 1.94. The predicted molar refractivity (Wildman–Crippen MR) is 69.6 cm³/mol. The van der Waals surface area contributed by atoms with Crippen LogP contribution in [-0.4, -0.2) is 7.11 Å². The van der Waals surface area contributed by atoms with Crippen molar-refractivity contribution in [3.63, 3.8) is 0 Å². The van der Waals surface area contributed by atoms with Crippen molar-refractivity contribution < 1.29 is 4.74 Å². The second kappa shape index (κ2) is 5.23. The number of ether oxygens (including phenoxy) is 1. The van der Waals surface area contributed by atoms with Crippen LogP contribution in [0.25, 0.3) is 0 Å². The minimum absolute atomic E-state index is 0.795. The van der Waals surface area contributed by atoms with Gasteiger partial charge in [0.1, 0.15) is 5.75 Å². The molecule has 0 aliphatic carbocycles. The third-order valence-corrected chi connectivity index (χ3v) is 3.46. The largest absolute Gasteiger partial charge is 0.497 e. The van der Waals surface area contributed by atoms with Crippen LogP contribution in [0.4, 0.5) is 5.69 Å². The normalized spacial score (nSPS) is 10.1. The lowest BCUT2D eigenvalue weighted by molar-refractivity contribution is 0.415. The lowest BCUT2D eigenvalue weighted by Crippen LogP contribution is -1.96. The fourth-order valence-corrected chi connectivity index (χ4v) is 2.36. The molecule has 0 spiro atoms. The fraction of sp³-hybridized carbons (Fsp3) is 0.167. The Hall–Kier alpha value is -1.19. The van der Waals surface area contributed by atoms with Crippen LogP contribution in [0, 0.1) is 0 Å². The smallest absolute Gasteiger partial charge is 0.119 e. The van der Waals surface area contributed by atoms with Crippen molar-refractivity contribution in [1.29, 1.82) is 0 Å². The number of methoxy groups -OCH3 is 1. The van der Waals surface area contributed by atoms with E-state index in [0.717, 1.165) is 23.0 Å². The summed E-state index contributed by atoms with van der Waals surface area (Å²) < 4.78 is 5.09. The molecule has 1 heterocycles. The van der Waals surface area contributed by atoms with Crippen molar-refractivity contribution in [3.8, 4) is 5.75 Å². The van der Waals surface area contributed by atoms with Crippen LogP contribution in [-0.2, 0) is 6.54 Å². The Labute approximate surface area is 104 Å². The van der Waals surface area contributed by atoms with Gasteiger partial charge in [-0.05, 0) is 30.3 Å². The zero-order chi connectivity index (χ0) is 11.4. The third kappa shape index (κ3) is 2.90. The Morgan fingerprint density at radius 3 is 2.62 bits per heavy atom. The lowest BCUT2D eigenvalue weighted by Gasteiger charge is -2.05. The van der Waals surface area contributed by atoms with E-state index in [9.17, 15) is 0 Å². The summed E-state index contributed by atoms with van der Waals surface area (Å²) in [6.45, 7) is 0.795. The molecule has 1 N–H and O–H groups in total. The molecule has 0 atom stereocenters. The SMILES string of the molecule is COc1ccc(NCc2cc(Cl)cs2)cc1. The molecule has 0 bridgehead atoms. The standard InChI is InChI=1S/C12H12ClNOS/c1-15-11-4-2-10(3-5-11)14-7-12-6-9(13)8-16-12/h2-6,8,14H,7H2,1H3. The predicted octanol–water partition coefficient (Wildman–Crippen LogP) is 4.02. The Morgan fingerprint density at radius 2 is 2.06 bits per heavy atom. The van der Waals surface area contributed by atoms with Crippen LogP contribution >= 0.6 is 22.9 Å². The summed E-state index contributed by atoms with van der Waals surface area (Å²) in [6.07, 6.45) is 0. The summed E-state index contributed by atoms with van der Waals surface area (Å²) in [5.41, 5.74) is 1.07. The summed E-state index contributed by atoms with van der Waals surface area (Å²) in [5, 5.41) is 6.06. The van der Waals surface area contributed by atoms with Gasteiger partial charge in [0.25, 0.3) is 0 Å².